The quantitative estimate of drug-likeness (QED) is 0.205. The zero-order valence-electron chi connectivity index (χ0n) is 19.3. The smallest absolute Gasteiger partial charge is 0.392 e. The average Bonchev–Trinajstić information content (AvgIpc) is 3.64. The third kappa shape index (κ3) is 7.63. The number of nitrogens with zero attached hydrogens (tertiary/aromatic N) is 4. The van der Waals surface area contributed by atoms with Crippen LogP contribution in [-0.2, 0) is 0 Å². The highest BCUT2D eigenvalue weighted by Crippen LogP contribution is 2.44. The SMILES string of the molecule is N#CC(C#N)=C/C=C/c1ccc(-c2cc(OCCC(F)(F)F)c(-c3ccc(/C=C/C=C(C#N)C#N)o3)s2)o1. The number of nitriles is 4. The van der Waals surface area contributed by atoms with Crippen LogP contribution in [0.1, 0.15) is 17.9 Å². The van der Waals surface area contributed by atoms with Crippen molar-refractivity contribution >= 4 is 23.5 Å². The molecule has 0 aromatic carbocycles. The molecule has 0 atom stereocenters. The molecule has 0 radical (unpaired) electrons. The Labute approximate surface area is 219 Å². The third-order valence-corrected chi connectivity index (χ3v) is 5.74. The Morgan fingerprint density at radius 2 is 1.37 bits per heavy atom. The van der Waals surface area contributed by atoms with Crippen LogP contribution in [0.2, 0.25) is 0 Å². The molecule has 0 N–H and O–H groups in total. The van der Waals surface area contributed by atoms with Gasteiger partial charge in [-0.1, -0.05) is 12.2 Å². The fourth-order valence-corrected chi connectivity index (χ4v) is 3.89. The second-order valence-electron chi connectivity index (χ2n) is 7.25. The van der Waals surface area contributed by atoms with Crippen molar-refractivity contribution in [2.45, 2.75) is 12.6 Å². The minimum Gasteiger partial charge on any atom is -0.492 e. The molecule has 3 aromatic rings. The summed E-state index contributed by atoms with van der Waals surface area (Å²) in [5.74, 6) is 1.75. The molecule has 0 bridgehead atoms. The highest BCUT2D eigenvalue weighted by atomic mass is 32.1. The Kier molecular flexibility index (Phi) is 9.11. The van der Waals surface area contributed by atoms with Crippen molar-refractivity contribution in [1.82, 2.24) is 0 Å². The van der Waals surface area contributed by atoms with E-state index in [0.717, 1.165) is 0 Å². The maximum atomic E-state index is 12.7. The Bertz CT molecular complexity index is 1560. The van der Waals surface area contributed by atoms with Gasteiger partial charge in [-0.2, -0.15) is 34.2 Å². The molecule has 3 heterocycles. The lowest BCUT2D eigenvalue weighted by atomic mass is 10.3. The number of alkyl halides is 3. The molecule has 0 spiro atoms. The van der Waals surface area contributed by atoms with E-state index in [2.05, 4.69) is 0 Å². The van der Waals surface area contributed by atoms with Crippen molar-refractivity contribution in [2.75, 3.05) is 6.61 Å². The second kappa shape index (κ2) is 12.6. The molecule has 0 aliphatic carbocycles. The number of furan rings is 2. The van der Waals surface area contributed by atoms with Crippen LogP contribution in [0.4, 0.5) is 13.2 Å². The summed E-state index contributed by atoms with van der Waals surface area (Å²) in [5, 5.41) is 35.2. The molecule has 0 saturated heterocycles. The number of hydrogen-bond donors (Lipinski definition) is 0. The first-order valence-corrected chi connectivity index (χ1v) is 11.5. The molecule has 3 aromatic heterocycles. The maximum Gasteiger partial charge on any atom is 0.392 e. The molecule has 0 fully saturated rings. The molecule has 0 amide bonds. The lowest BCUT2D eigenvalue weighted by molar-refractivity contribution is -0.139. The van der Waals surface area contributed by atoms with Crippen LogP contribution in [0.5, 0.6) is 5.75 Å². The fourth-order valence-electron chi connectivity index (χ4n) is 2.87. The topological polar surface area (TPSA) is 131 Å². The van der Waals surface area contributed by atoms with E-state index in [9.17, 15) is 13.2 Å². The van der Waals surface area contributed by atoms with Crippen LogP contribution in [0.3, 0.4) is 0 Å². The van der Waals surface area contributed by atoms with Gasteiger partial charge in [0.15, 0.2) is 0 Å². The van der Waals surface area contributed by atoms with Crippen molar-refractivity contribution in [3.8, 4) is 51.3 Å². The summed E-state index contributed by atoms with van der Waals surface area (Å²) in [4.78, 5) is 1.01. The van der Waals surface area contributed by atoms with Crippen molar-refractivity contribution in [1.29, 1.82) is 21.0 Å². The Hall–Kier alpha value is -5.23. The number of rotatable bonds is 9. The van der Waals surface area contributed by atoms with Gasteiger partial charge in [-0.3, -0.25) is 0 Å². The van der Waals surface area contributed by atoms with Crippen LogP contribution in [-0.4, -0.2) is 12.8 Å². The van der Waals surface area contributed by atoms with Gasteiger partial charge in [0.25, 0.3) is 0 Å². The fraction of sp³-hybridized carbons (Fsp3) is 0.111. The normalized spacial score (nSPS) is 10.9. The lowest BCUT2D eigenvalue weighted by Gasteiger charge is -2.08. The second-order valence-corrected chi connectivity index (χ2v) is 8.30. The van der Waals surface area contributed by atoms with E-state index < -0.39 is 19.2 Å². The van der Waals surface area contributed by atoms with Crippen molar-refractivity contribution in [3.05, 3.63) is 77.3 Å². The summed E-state index contributed by atoms with van der Waals surface area (Å²) in [6.07, 6.45) is 3.17. The zero-order chi connectivity index (χ0) is 27.5. The molecule has 188 valence electrons. The van der Waals surface area contributed by atoms with Gasteiger partial charge < -0.3 is 13.6 Å². The molecular weight excluding hydrogens is 517 g/mol. The van der Waals surface area contributed by atoms with Gasteiger partial charge in [0.1, 0.15) is 69.1 Å². The molecule has 38 heavy (non-hydrogen) atoms. The molecule has 0 aliphatic rings. The highest BCUT2D eigenvalue weighted by molar-refractivity contribution is 7.19. The molecular formula is C27H15F3N4O3S. The minimum atomic E-state index is -4.38. The van der Waals surface area contributed by atoms with Crippen molar-refractivity contribution < 1.29 is 26.7 Å². The van der Waals surface area contributed by atoms with Crippen molar-refractivity contribution in [3.63, 3.8) is 0 Å². The highest BCUT2D eigenvalue weighted by Gasteiger charge is 2.27. The number of ether oxygens (including phenoxy) is 1. The van der Waals surface area contributed by atoms with E-state index in [1.54, 1.807) is 60.7 Å². The minimum absolute atomic E-state index is 0.0733. The molecule has 0 unspecified atom stereocenters. The van der Waals surface area contributed by atoms with Crippen LogP contribution < -0.4 is 4.74 Å². The van der Waals surface area contributed by atoms with Crippen LogP contribution in [0.25, 0.3) is 33.4 Å². The Morgan fingerprint density at radius 1 is 0.842 bits per heavy atom. The van der Waals surface area contributed by atoms with E-state index in [4.69, 9.17) is 34.6 Å². The zero-order valence-corrected chi connectivity index (χ0v) is 20.1. The Balaban J connectivity index is 1.89. The summed E-state index contributed by atoms with van der Waals surface area (Å²) in [6.45, 7) is -0.589. The van der Waals surface area contributed by atoms with E-state index in [1.807, 2.05) is 0 Å². The lowest BCUT2D eigenvalue weighted by Crippen LogP contribution is -2.12. The first kappa shape index (κ1) is 27.4. The Morgan fingerprint density at radius 3 is 1.89 bits per heavy atom. The van der Waals surface area contributed by atoms with Gasteiger partial charge in [-0.05, 0) is 48.6 Å². The summed E-state index contributed by atoms with van der Waals surface area (Å²) < 4.78 is 55.0. The maximum absolute atomic E-state index is 12.7. The van der Waals surface area contributed by atoms with E-state index in [-0.39, 0.29) is 16.9 Å². The molecule has 7 nitrogen and oxygen atoms in total. The third-order valence-electron chi connectivity index (χ3n) is 4.59. The predicted octanol–water partition coefficient (Wildman–Crippen LogP) is 7.57. The van der Waals surface area contributed by atoms with Gasteiger partial charge >= 0.3 is 6.18 Å². The summed E-state index contributed by atoms with van der Waals surface area (Å²) in [5.41, 5.74) is -0.161. The van der Waals surface area contributed by atoms with Gasteiger partial charge in [0.2, 0.25) is 0 Å². The number of allylic oxidation sites excluding steroid dienone is 6. The summed E-state index contributed by atoms with van der Waals surface area (Å²) in [6, 6.07) is 15.0. The molecule has 3 rings (SSSR count). The average molecular weight is 533 g/mol. The van der Waals surface area contributed by atoms with Gasteiger partial charge in [0, 0.05) is 6.07 Å². The monoisotopic (exact) mass is 532 g/mol. The first-order chi connectivity index (χ1) is 18.3. The number of thiophene rings is 1. The number of hydrogen-bond acceptors (Lipinski definition) is 8. The van der Waals surface area contributed by atoms with Crippen molar-refractivity contribution in [2.24, 2.45) is 0 Å². The first-order valence-electron chi connectivity index (χ1n) is 10.7. The predicted molar refractivity (Wildman–Crippen MR) is 133 cm³/mol. The van der Waals surface area contributed by atoms with Crippen LogP contribution in [0.15, 0.2) is 74.6 Å². The van der Waals surface area contributed by atoms with Gasteiger partial charge in [-0.15, -0.1) is 11.3 Å². The van der Waals surface area contributed by atoms with Crippen LogP contribution in [0, 0.1) is 45.3 Å². The van der Waals surface area contributed by atoms with Gasteiger partial charge in [-0.25, -0.2) is 0 Å². The standard InChI is InChI=1S/C27H15F3N4O3S/c28-27(29,30)11-12-35-24-13-25(22-9-7-20(36-22)5-1-3-18(14-31)15-32)38-26(24)23-10-8-21(37-23)6-2-4-19(16-33)17-34/h1-10,13H,11-12H2/b5-1+,6-2+. The van der Waals surface area contributed by atoms with E-state index >= 15 is 0 Å². The number of halogens is 3. The van der Waals surface area contributed by atoms with E-state index in [0.29, 0.717) is 32.8 Å². The summed E-state index contributed by atoms with van der Waals surface area (Å²) >= 11 is 1.18. The summed E-state index contributed by atoms with van der Waals surface area (Å²) in [7, 11) is 0. The molecule has 0 aliphatic heterocycles. The molecule has 0 saturated carbocycles. The largest absolute Gasteiger partial charge is 0.492 e. The van der Waals surface area contributed by atoms with Crippen LogP contribution >= 0.6 is 11.3 Å². The van der Waals surface area contributed by atoms with E-state index in [1.165, 1.54) is 41.7 Å². The molecule has 11 heteroatoms. The van der Waals surface area contributed by atoms with Gasteiger partial charge in [0.05, 0.1) is 17.9 Å².